The molecule has 0 atom stereocenters. The Morgan fingerprint density at radius 3 is 2.00 bits per heavy atom. The standard InChI is InChI=1S/C16H23ClN2O.C7H8.Y/c1-4-19(7-5-6-8-19)11-15(20)18-16-12(2)9-14(17)10-13(16)3;1-7-5-3-2-4-6-7;/h9-10H,4-8,11H2,1-3H3;2-6H,1H3;/p+1. The molecule has 2 aromatic rings. The summed E-state index contributed by atoms with van der Waals surface area (Å²) in [7, 11) is 0. The molecule has 1 fully saturated rings. The van der Waals surface area contributed by atoms with Gasteiger partial charge in [-0.3, -0.25) is 4.79 Å². The number of nitrogens with zero attached hydrogens (tertiary/aromatic N) is 1. The monoisotopic (exact) mass is 476 g/mol. The largest absolute Gasteiger partial charge is 0.321 e. The minimum absolute atomic E-state index is 0. The van der Waals surface area contributed by atoms with E-state index in [-0.39, 0.29) is 38.6 Å². The van der Waals surface area contributed by atoms with E-state index in [0.29, 0.717) is 6.54 Å². The van der Waals surface area contributed by atoms with Crippen LogP contribution in [0.2, 0.25) is 5.02 Å². The molecule has 0 saturated carbocycles. The van der Waals surface area contributed by atoms with E-state index in [0.717, 1.165) is 46.0 Å². The quantitative estimate of drug-likeness (QED) is 0.579. The van der Waals surface area contributed by atoms with Gasteiger partial charge >= 0.3 is 0 Å². The van der Waals surface area contributed by atoms with E-state index in [2.05, 4.69) is 31.3 Å². The van der Waals surface area contributed by atoms with Crippen LogP contribution in [-0.2, 0) is 37.5 Å². The van der Waals surface area contributed by atoms with Crippen LogP contribution in [0.15, 0.2) is 42.5 Å². The van der Waals surface area contributed by atoms with Crippen molar-refractivity contribution >= 4 is 23.2 Å². The van der Waals surface area contributed by atoms with Crippen LogP contribution in [0.4, 0.5) is 5.69 Å². The predicted molar refractivity (Wildman–Crippen MR) is 115 cm³/mol. The summed E-state index contributed by atoms with van der Waals surface area (Å²) in [4.78, 5) is 12.4. The van der Waals surface area contributed by atoms with Gasteiger partial charge in [0.2, 0.25) is 0 Å². The molecule has 0 unspecified atom stereocenters. The molecular formula is C23H32ClN2OY+. The Hall–Kier alpha value is -0.736. The average molecular weight is 477 g/mol. The fourth-order valence-corrected chi connectivity index (χ4v) is 4.05. The maximum absolute atomic E-state index is 12.4. The zero-order valence-corrected chi connectivity index (χ0v) is 21.2. The molecule has 1 saturated heterocycles. The van der Waals surface area contributed by atoms with Crippen molar-refractivity contribution in [1.82, 2.24) is 0 Å². The van der Waals surface area contributed by atoms with E-state index in [4.69, 9.17) is 11.6 Å². The molecule has 149 valence electrons. The number of anilines is 1. The molecule has 1 N–H and O–H groups in total. The number of aryl methyl sites for hydroxylation is 3. The van der Waals surface area contributed by atoms with Gasteiger partial charge in [-0.05, 0) is 51.0 Å². The molecule has 0 aliphatic carbocycles. The summed E-state index contributed by atoms with van der Waals surface area (Å²) in [5.74, 6) is 0.113. The van der Waals surface area contributed by atoms with E-state index in [1.54, 1.807) is 0 Å². The van der Waals surface area contributed by atoms with Gasteiger partial charge in [0.1, 0.15) is 0 Å². The minimum Gasteiger partial charge on any atom is -0.321 e. The van der Waals surface area contributed by atoms with Crippen LogP contribution < -0.4 is 5.32 Å². The second-order valence-corrected chi connectivity index (χ2v) is 8.02. The van der Waals surface area contributed by atoms with Crippen LogP contribution in [0.25, 0.3) is 0 Å². The molecule has 0 spiro atoms. The van der Waals surface area contributed by atoms with Crippen LogP contribution in [0.5, 0.6) is 0 Å². The number of benzene rings is 2. The molecule has 3 rings (SSSR count). The van der Waals surface area contributed by atoms with Crippen LogP contribution in [0.3, 0.4) is 0 Å². The number of nitrogens with one attached hydrogen (secondary N) is 1. The molecule has 5 heteroatoms. The van der Waals surface area contributed by atoms with Crippen molar-refractivity contribution in [3.63, 3.8) is 0 Å². The number of amides is 1. The number of likely N-dealkylation sites (N-methyl/N-ethyl adjacent to an activating group) is 1. The van der Waals surface area contributed by atoms with Gasteiger partial charge < -0.3 is 9.80 Å². The van der Waals surface area contributed by atoms with E-state index in [1.165, 1.54) is 18.4 Å². The van der Waals surface area contributed by atoms with Crippen LogP contribution in [-0.4, -0.2) is 36.6 Å². The van der Waals surface area contributed by atoms with Crippen molar-refractivity contribution in [2.24, 2.45) is 0 Å². The first-order chi connectivity index (χ1) is 12.8. The Balaban J connectivity index is 0.000000414. The van der Waals surface area contributed by atoms with E-state index in [9.17, 15) is 4.79 Å². The van der Waals surface area contributed by atoms with Gasteiger partial charge in [-0.2, -0.15) is 0 Å². The van der Waals surface area contributed by atoms with Gasteiger partial charge in [0.15, 0.2) is 6.54 Å². The van der Waals surface area contributed by atoms with E-state index < -0.39 is 0 Å². The van der Waals surface area contributed by atoms with Crippen molar-refractivity contribution in [2.75, 3.05) is 31.5 Å². The number of rotatable bonds is 4. The molecule has 3 nitrogen and oxygen atoms in total. The molecule has 28 heavy (non-hydrogen) atoms. The van der Waals surface area contributed by atoms with Gasteiger partial charge in [0.05, 0.1) is 19.6 Å². The van der Waals surface area contributed by atoms with Crippen LogP contribution in [0.1, 0.15) is 36.5 Å². The molecule has 1 aliphatic rings. The predicted octanol–water partition coefficient (Wildman–Crippen LogP) is 5.52. The summed E-state index contributed by atoms with van der Waals surface area (Å²) in [6.07, 6.45) is 2.47. The molecule has 1 amide bonds. The Morgan fingerprint density at radius 2 is 1.57 bits per heavy atom. The van der Waals surface area contributed by atoms with E-state index in [1.807, 2.05) is 44.2 Å². The van der Waals surface area contributed by atoms with E-state index >= 15 is 0 Å². The van der Waals surface area contributed by atoms with Crippen molar-refractivity contribution in [3.8, 4) is 0 Å². The van der Waals surface area contributed by atoms with Crippen LogP contribution in [0, 0.1) is 20.8 Å². The van der Waals surface area contributed by atoms with Gasteiger partial charge in [0, 0.05) is 56.3 Å². The number of likely N-dealkylation sites (tertiary alicyclic amines) is 1. The molecule has 1 heterocycles. The smallest absolute Gasteiger partial charge is 0.279 e. The third-order valence-electron chi connectivity index (χ3n) is 5.37. The summed E-state index contributed by atoms with van der Waals surface area (Å²) in [5, 5.41) is 3.80. The number of carbonyl (C=O) groups is 1. The topological polar surface area (TPSA) is 29.1 Å². The molecule has 0 aromatic heterocycles. The Labute approximate surface area is 200 Å². The molecule has 1 aliphatic heterocycles. The zero-order valence-electron chi connectivity index (χ0n) is 17.6. The third kappa shape index (κ3) is 7.59. The number of halogens is 1. The Morgan fingerprint density at radius 1 is 1.04 bits per heavy atom. The molecule has 0 bridgehead atoms. The number of quaternary nitrogens is 1. The number of carbonyl (C=O) groups excluding carboxylic acids is 1. The average Bonchev–Trinajstić information content (AvgIpc) is 3.08. The number of hydrogen-bond donors (Lipinski definition) is 1. The summed E-state index contributed by atoms with van der Waals surface area (Å²) < 4.78 is 0.928. The van der Waals surface area contributed by atoms with Gasteiger partial charge in [-0.1, -0.05) is 47.5 Å². The maximum atomic E-state index is 12.4. The third-order valence-corrected chi connectivity index (χ3v) is 5.59. The van der Waals surface area contributed by atoms with Crippen LogP contribution >= 0.6 is 11.6 Å². The van der Waals surface area contributed by atoms with Crippen molar-refractivity contribution < 1.29 is 42.0 Å². The zero-order chi connectivity index (χ0) is 19.9. The molecule has 1 radical (unpaired) electrons. The Kier molecular flexibility index (Phi) is 10.9. The Bertz CT molecular complexity index is 735. The van der Waals surface area contributed by atoms with Gasteiger partial charge in [-0.25, -0.2) is 0 Å². The second kappa shape index (κ2) is 12.1. The number of hydrogen-bond acceptors (Lipinski definition) is 1. The van der Waals surface area contributed by atoms with Gasteiger partial charge in [0.25, 0.3) is 5.91 Å². The molecule has 2 aromatic carbocycles. The summed E-state index contributed by atoms with van der Waals surface area (Å²) in [5.41, 5.74) is 4.27. The summed E-state index contributed by atoms with van der Waals surface area (Å²) in [6, 6.07) is 14.0. The first kappa shape index (κ1) is 25.3. The minimum atomic E-state index is 0. The first-order valence-corrected chi connectivity index (χ1v) is 10.2. The maximum Gasteiger partial charge on any atom is 0.279 e. The van der Waals surface area contributed by atoms with Crippen molar-refractivity contribution in [1.29, 1.82) is 0 Å². The molecular weight excluding hydrogens is 445 g/mol. The summed E-state index contributed by atoms with van der Waals surface area (Å²) >= 11 is 6.03. The second-order valence-electron chi connectivity index (χ2n) is 7.59. The fourth-order valence-electron chi connectivity index (χ4n) is 3.72. The first-order valence-electron chi connectivity index (χ1n) is 9.78. The van der Waals surface area contributed by atoms with Crippen molar-refractivity contribution in [2.45, 2.75) is 40.5 Å². The van der Waals surface area contributed by atoms with Gasteiger partial charge in [-0.15, -0.1) is 0 Å². The summed E-state index contributed by atoms with van der Waals surface area (Å²) in [6.45, 7) is 12.1. The SMILES string of the molecule is CC[N+]1(CC(=O)Nc2c(C)cc(Cl)cc2C)CCCC1.Cc1ccccc1.[Y]. The fraction of sp³-hybridized carbons (Fsp3) is 0.435. The van der Waals surface area contributed by atoms with Crippen molar-refractivity contribution in [3.05, 3.63) is 64.2 Å². The normalized spacial score (nSPS) is 14.5.